The van der Waals surface area contributed by atoms with Crippen LogP contribution in [0.5, 0.6) is 5.75 Å². The van der Waals surface area contributed by atoms with Gasteiger partial charge in [-0.2, -0.15) is 0 Å². The molecule has 0 fully saturated rings. The summed E-state index contributed by atoms with van der Waals surface area (Å²) in [7, 11) is 2.79. The van der Waals surface area contributed by atoms with Gasteiger partial charge in [-0.3, -0.25) is 14.4 Å². The molecule has 7 nitrogen and oxygen atoms in total. The van der Waals surface area contributed by atoms with Gasteiger partial charge in [0.05, 0.1) is 20.1 Å². The number of amides is 2. The number of nitrogens with one attached hydrogen (secondary N) is 1. The zero-order valence-corrected chi connectivity index (χ0v) is 17.5. The second kappa shape index (κ2) is 10.4. The fourth-order valence-electron chi connectivity index (χ4n) is 2.65. The fraction of sp³-hybridized carbons (Fsp3) is 0.318. The van der Waals surface area contributed by atoms with Crippen molar-refractivity contribution in [2.75, 3.05) is 32.6 Å². The highest BCUT2D eigenvalue weighted by molar-refractivity contribution is 5.95. The number of methoxy groups -OCH3 is 1. The Hall–Kier alpha value is -3.42. The molecule has 0 heterocycles. The maximum Gasteiger partial charge on any atom is 0.310 e. The van der Waals surface area contributed by atoms with Crippen LogP contribution < -0.4 is 10.1 Å². The van der Waals surface area contributed by atoms with Gasteiger partial charge in [-0.15, -0.1) is 0 Å². The van der Waals surface area contributed by atoms with Crippen molar-refractivity contribution in [3.05, 3.63) is 58.9 Å². The summed E-state index contributed by atoms with van der Waals surface area (Å²) in [5, 5.41) is 2.76. The molecule has 8 heteroatoms. The van der Waals surface area contributed by atoms with Crippen molar-refractivity contribution in [1.82, 2.24) is 4.90 Å². The SMILES string of the molecule is COc1ccc(CC(=O)OCC(=O)N(C)CC(=O)Nc2cc(C)ccc2C)cc1F. The van der Waals surface area contributed by atoms with Crippen LogP contribution in [-0.4, -0.2) is 50.0 Å². The molecular weight excluding hydrogens is 391 g/mol. The molecule has 1 N–H and O–H groups in total. The average molecular weight is 416 g/mol. The van der Waals surface area contributed by atoms with Gasteiger partial charge in [0.25, 0.3) is 5.91 Å². The molecule has 2 amide bonds. The number of carbonyl (C=O) groups excluding carboxylic acids is 3. The number of hydrogen-bond donors (Lipinski definition) is 1. The van der Waals surface area contributed by atoms with E-state index in [0.29, 0.717) is 11.3 Å². The van der Waals surface area contributed by atoms with E-state index < -0.39 is 24.3 Å². The number of esters is 1. The van der Waals surface area contributed by atoms with Gasteiger partial charge in [-0.25, -0.2) is 4.39 Å². The van der Waals surface area contributed by atoms with Gasteiger partial charge in [0.2, 0.25) is 5.91 Å². The Balaban J connectivity index is 1.80. The molecule has 2 aromatic carbocycles. The number of halogens is 1. The maximum absolute atomic E-state index is 13.7. The van der Waals surface area contributed by atoms with Crippen molar-refractivity contribution in [2.45, 2.75) is 20.3 Å². The largest absolute Gasteiger partial charge is 0.494 e. The Bertz CT molecular complexity index is 945. The topological polar surface area (TPSA) is 84.9 Å². The molecular formula is C22H25FN2O5. The minimum atomic E-state index is -0.679. The number of nitrogens with zero attached hydrogens (tertiary/aromatic N) is 1. The highest BCUT2D eigenvalue weighted by atomic mass is 19.1. The van der Waals surface area contributed by atoms with Gasteiger partial charge in [0, 0.05) is 12.7 Å². The quantitative estimate of drug-likeness (QED) is 0.669. The lowest BCUT2D eigenvalue weighted by molar-refractivity contribution is -0.151. The van der Waals surface area contributed by atoms with Crippen LogP contribution in [0.2, 0.25) is 0 Å². The van der Waals surface area contributed by atoms with Crippen molar-refractivity contribution in [1.29, 1.82) is 0 Å². The summed E-state index contributed by atoms with van der Waals surface area (Å²) >= 11 is 0. The Labute approximate surface area is 174 Å². The standard InChI is InChI=1S/C22H25FN2O5/c1-14-5-6-15(2)18(9-14)24-20(26)12-25(3)21(27)13-30-22(28)11-16-7-8-19(29-4)17(23)10-16/h5-10H,11-13H2,1-4H3,(H,24,26). The number of anilines is 1. The monoisotopic (exact) mass is 416 g/mol. The van der Waals surface area contributed by atoms with Gasteiger partial charge in [-0.05, 0) is 48.7 Å². The van der Waals surface area contributed by atoms with Crippen LogP contribution in [0.25, 0.3) is 0 Å². The van der Waals surface area contributed by atoms with E-state index in [1.165, 1.54) is 37.3 Å². The summed E-state index contributed by atoms with van der Waals surface area (Å²) < 4.78 is 23.4. The summed E-state index contributed by atoms with van der Waals surface area (Å²) in [5.74, 6) is -2.09. The predicted octanol–water partition coefficient (Wildman–Crippen LogP) is 2.63. The second-order valence-corrected chi connectivity index (χ2v) is 6.92. The van der Waals surface area contributed by atoms with Crippen molar-refractivity contribution >= 4 is 23.5 Å². The maximum atomic E-state index is 13.7. The van der Waals surface area contributed by atoms with Crippen molar-refractivity contribution in [3.63, 3.8) is 0 Å². The highest BCUT2D eigenvalue weighted by Crippen LogP contribution is 2.18. The molecule has 30 heavy (non-hydrogen) atoms. The van der Waals surface area contributed by atoms with Crippen molar-refractivity contribution < 1.29 is 28.2 Å². The molecule has 0 aliphatic rings. The van der Waals surface area contributed by atoms with Gasteiger partial charge >= 0.3 is 5.97 Å². The lowest BCUT2D eigenvalue weighted by atomic mass is 10.1. The first-order valence-corrected chi connectivity index (χ1v) is 9.28. The van der Waals surface area contributed by atoms with E-state index in [9.17, 15) is 18.8 Å². The van der Waals surface area contributed by atoms with Crippen molar-refractivity contribution in [2.24, 2.45) is 0 Å². The molecule has 2 rings (SSSR count). The second-order valence-electron chi connectivity index (χ2n) is 6.92. The Morgan fingerprint density at radius 3 is 2.50 bits per heavy atom. The summed E-state index contributed by atoms with van der Waals surface area (Å²) in [4.78, 5) is 37.4. The van der Waals surface area contributed by atoms with Crippen LogP contribution in [0.4, 0.5) is 10.1 Å². The first-order chi connectivity index (χ1) is 14.2. The van der Waals surface area contributed by atoms with E-state index in [2.05, 4.69) is 5.32 Å². The highest BCUT2D eigenvalue weighted by Gasteiger charge is 2.16. The van der Waals surface area contributed by atoms with E-state index in [4.69, 9.17) is 9.47 Å². The van der Waals surface area contributed by atoms with Crippen LogP contribution in [0, 0.1) is 19.7 Å². The smallest absolute Gasteiger partial charge is 0.310 e. The molecule has 0 aliphatic heterocycles. The third kappa shape index (κ3) is 6.58. The minimum Gasteiger partial charge on any atom is -0.494 e. The number of carbonyl (C=O) groups is 3. The molecule has 0 radical (unpaired) electrons. The Kier molecular flexibility index (Phi) is 7.91. The van der Waals surface area contributed by atoms with Crippen LogP contribution in [0.1, 0.15) is 16.7 Å². The van der Waals surface area contributed by atoms with Gasteiger partial charge in [0.15, 0.2) is 18.2 Å². The van der Waals surface area contributed by atoms with Crippen LogP contribution in [0.3, 0.4) is 0 Å². The molecule has 2 aromatic rings. The van der Waals surface area contributed by atoms with E-state index in [-0.39, 0.29) is 24.6 Å². The summed E-state index contributed by atoms with van der Waals surface area (Å²) in [6, 6.07) is 9.80. The van der Waals surface area contributed by atoms with Crippen LogP contribution in [0.15, 0.2) is 36.4 Å². The summed E-state index contributed by atoms with van der Waals surface area (Å²) in [5.41, 5.74) is 2.99. The predicted molar refractivity (Wildman–Crippen MR) is 110 cm³/mol. The van der Waals surface area contributed by atoms with E-state index in [1.54, 1.807) is 0 Å². The lowest BCUT2D eigenvalue weighted by Gasteiger charge is -2.17. The third-order valence-corrected chi connectivity index (χ3v) is 4.39. The fourth-order valence-corrected chi connectivity index (χ4v) is 2.65. The summed E-state index contributed by atoms with van der Waals surface area (Å²) in [6.07, 6.45) is -0.189. The first-order valence-electron chi connectivity index (χ1n) is 9.28. The number of rotatable bonds is 8. The van der Waals surface area contributed by atoms with Crippen molar-refractivity contribution in [3.8, 4) is 5.75 Å². The number of hydrogen-bond acceptors (Lipinski definition) is 5. The Morgan fingerprint density at radius 2 is 1.83 bits per heavy atom. The lowest BCUT2D eigenvalue weighted by Crippen LogP contribution is -2.37. The molecule has 0 spiro atoms. The van der Waals surface area contributed by atoms with E-state index in [1.807, 2.05) is 32.0 Å². The molecule has 0 unspecified atom stereocenters. The summed E-state index contributed by atoms with van der Waals surface area (Å²) in [6.45, 7) is 3.09. The molecule has 0 saturated heterocycles. The van der Waals surface area contributed by atoms with E-state index >= 15 is 0 Å². The third-order valence-electron chi connectivity index (χ3n) is 4.39. The number of ether oxygens (including phenoxy) is 2. The molecule has 0 bridgehead atoms. The van der Waals surface area contributed by atoms with E-state index in [0.717, 1.165) is 11.1 Å². The minimum absolute atomic E-state index is 0.0723. The van der Waals surface area contributed by atoms with Crippen LogP contribution >= 0.6 is 0 Å². The molecule has 0 atom stereocenters. The Morgan fingerprint density at radius 1 is 1.10 bits per heavy atom. The zero-order valence-electron chi connectivity index (χ0n) is 17.5. The normalized spacial score (nSPS) is 10.3. The van der Waals surface area contributed by atoms with Gasteiger partial charge in [0.1, 0.15) is 0 Å². The zero-order chi connectivity index (χ0) is 22.3. The van der Waals surface area contributed by atoms with Gasteiger partial charge < -0.3 is 19.7 Å². The number of likely N-dealkylation sites (N-methyl/N-ethyl adjacent to an activating group) is 1. The molecule has 160 valence electrons. The molecule has 0 saturated carbocycles. The molecule has 0 aliphatic carbocycles. The number of aryl methyl sites for hydroxylation is 2. The first kappa shape index (κ1) is 22.9. The molecule has 0 aromatic heterocycles. The average Bonchev–Trinajstić information content (AvgIpc) is 2.69. The van der Waals surface area contributed by atoms with Crippen LogP contribution in [-0.2, 0) is 25.5 Å². The van der Waals surface area contributed by atoms with Gasteiger partial charge in [-0.1, -0.05) is 18.2 Å². The number of benzene rings is 2.